The van der Waals surface area contributed by atoms with Crippen LogP contribution >= 0.6 is 0 Å². The van der Waals surface area contributed by atoms with Crippen LogP contribution in [0.2, 0.25) is 0 Å². The van der Waals surface area contributed by atoms with Crippen molar-refractivity contribution in [1.82, 2.24) is 0 Å². The molecule has 1 heterocycles. The number of amides is 1. The van der Waals surface area contributed by atoms with E-state index < -0.39 is 11.4 Å². The minimum absolute atomic E-state index is 0.0148. The normalized spacial score (nSPS) is 19.2. The number of carbonyl (C=O) groups excluding carboxylic acids is 2. The molecule has 1 aliphatic heterocycles. The molecule has 1 fully saturated rings. The zero-order chi connectivity index (χ0) is 13.8. The van der Waals surface area contributed by atoms with Crippen molar-refractivity contribution in [3.63, 3.8) is 0 Å². The predicted octanol–water partition coefficient (Wildman–Crippen LogP) is 1.25. The molecule has 2 aliphatic rings. The van der Waals surface area contributed by atoms with Crippen molar-refractivity contribution in [3.05, 3.63) is 29.3 Å². The second-order valence-corrected chi connectivity index (χ2v) is 5.19. The molecule has 1 N–H and O–H groups in total. The van der Waals surface area contributed by atoms with Crippen LogP contribution in [0, 0.1) is 5.41 Å². The van der Waals surface area contributed by atoms with Gasteiger partial charge < -0.3 is 10.0 Å². The third-order valence-corrected chi connectivity index (χ3v) is 4.01. The lowest BCUT2D eigenvalue weighted by molar-refractivity contribution is -0.141. The lowest BCUT2D eigenvalue weighted by Crippen LogP contribution is -2.25. The summed E-state index contributed by atoms with van der Waals surface area (Å²) in [6.07, 6.45) is 1.07. The van der Waals surface area contributed by atoms with Gasteiger partial charge in [-0.2, -0.15) is 0 Å². The van der Waals surface area contributed by atoms with Crippen molar-refractivity contribution in [3.8, 4) is 0 Å². The molecule has 0 radical (unpaired) electrons. The number of hydrogen-bond donors (Lipinski definition) is 1. The average Bonchev–Trinajstić information content (AvgIpc) is 3.13. The van der Waals surface area contributed by atoms with Gasteiger partial charge in [-0.3, -0.25) is 14.4 Å². The standard InChI is InChI=1S/C14H13NO4/c1-15-10-3-2-8(6-9(10)7-11(15)16)12(17)14(4-5-14)13(18)19/h2-3,6H,4-5,7H2,1H3,(H,18,19). The third-order valence-electron chi connectivity index (χ3n) is 4.01. The number of aliphatic carboxylic acids is 1. The van der Waals surface area contributed by atoms with Gasteiger partial charge in [0, 0.05) is 18.3 Å². The van der Waals surface area contributed by atoms with E-state index in [1.165, 1.54) is 0 Å². The van der Waals surface area contributed by atoms with Gasteiger partial charge in [-0.15, -0.1) is 0 Å². The molecule has 0 atom stereocenters. The lowest BCUT2D eigenvalue weighted by Gasteiger charge is -2.12. The van der Waals surface area contributed by atoms with Gasteiger partial charge in [0.25, 0.3) is 0 Å². The van der Waals surface area contributed by atoms with E-state index in [0.29, 0.717) is 18.4 Å². The quantitative estimate of drug-likeness (QED) is 0.655. The smallest absolute Gasteiger partial charge is 0.317 e. The van der Waals surface area contributed by atoms with Crippen LogP contribution in [0.5, 0.6) is 0 Å². The number of likely N-dealkylation sites (N-methyl/N-ethyl adjacent to an activating group) is 1. The molecule has 19 heavy (non-hydrogen) atoms. The number of carboxylic acids is 1. The molecular formula is C14H13NO4. The van der Waals surface area contributed by atoms with E-state index in [-0.39, 0.29) is 18.1 Å². The molecule has 1 saturated carbocycles. The maximum atomic E-state index is 12.3. The Morgan fingerprint density at radius 1 is 1.32 bits per heavy atom. The van der Waals surface area contributed by atoms with Crippen LogP contribution in [0.15, 0.2) is 18.2 Å². The fourth-order valence-corrected chi connectivity index (χ4v) is 2.55. The van der Waals surface area contributed by atoms with Gasteiger partial charge in [0.1, 0.15) is 5.41 Å². The first kappa shape index (κ1) is 11.9. The highest BCUT2D eigenvalue weighted by Gasteiger charge is 2.56. The fourth-order valence-electron chi connectivity index (χ4n) is 2.55. The first-order valence-electron chi connectivity index (χ1n) is 6.13. The Labute approximate surface area is 109 Å². The largest absolute Gasteiger partial charge is 0.480 e. The van der Waals surface area contributed by atoms with E-state index in [0.717, 1.165) is 11.3 Å². The molecule has 1 aromatic carbocycles. The molecule has 0 spiro atoms. The summed E-state index contributed by atoms with van der Waals surface area (Å²) < 4.78 is 0. The number of rotatable bonds is 3. The molecule has 1 aliphatic carbocycles. The maximum Gasteiger partial charge on any atom is 0.317 e. The van der Waals surface area contributed by atoms with Gasteiger partial charge >= 0.3 is 5.97 Å². The van der Waals surface area contributed by atoms with Crippen LogP contribution in [-0.4, -0.2) is 29.8 Å². The third kappa shape index (κ3) is 1.58. The van der Waals surface area contributed by atoms with Gasteiger partial charge in [0.15, 0.2) is 5.78 Å². The van der Waals surface area contributed by atoms with Crippen molar-refractivity contribution in [1.29, 1.82) is 0 Å². The Morgan fingerprint density at radius 3 is 2.58 bits per heavy atom. The van der Waals surface area contributed by atoms with Gasteiger partial charge in [0.2, 0.25) is 5.91 Å². The topological polar surface area (TPSA) is 74.7 Å². The number of ketones is 1. The van der Waals surface area contributed by atoms with E-state index >= 15 is 0 Å². The Morgan fingerprint density at radius 2 is 2.00 bits per heavy atom. The Kier molecular flexibility index (Phi) is 2.29. The van der Waals surface area contributed by atoms with Crippen molar-refractivity contribution < 1.29 is 19.5 Å². The molecule has 1 aromatic rings. The number of hydrogen-bond acceptors (Lipinski definition) is 3. The van der Waals surface area contributed by atoms with Gasteiger partial charge in [0.05, 0.1) is 6.42 Å². The Bertz CT molecular complexity index is 616. The monoisotopic (exact) mass is 259 g/mol. The number of anilines is 1. The van der Waals surface area contributed by atoms with Gasteiger partial charge in [-0.05, 0) is 36.6 Å². The molecular weight excluding hydrogens is 246 g/mol. The van der Waals surface area contributed by atoms with Crippen molar-refractivity contribution in [2.45, 2.75) is 19.3 Å². The number of Topliss-reactive ketones (excluding diaryl/α,β-unsaturated/α-hetero) is 1. The first-order chi connectivity index (χ1) is 8.95. The predicted molar refractivity (Wildman–Crippen MR) is 67.2 cm³/mol. The van der Waals surface area contributed by atoms with Crippen LogP contribution in [0.3, 0.4) is 0 Å². The Balaban J connectivity index is 1.97. The highest BCUT2D eigenvalue weighted by molar-refractivity contribution is 6.15. The highest BCUT2D eigenvalue weighted by Crippen LogP contribution is 2.48. The van der Waals surface area contributed by atoms with E-state index in [9.17, 15) is 14.4 Å². The van der Waals surface area contributed by atoms with Crippen LogP contribution in [0.4, 0.5) is 5.69 Å². The minimum Gasteiger partial charge on any atom is -0.480 e. The van der Waals surface area contributed by atoms with Gasteiger partial charge in [-0.25, -0.2) is 0 Å². The molecule has 0 saturated heterocycles. The van der Waals surface area contributed by atoms with Crippen LogP contribution < -0.4 is 4.90 Å². The fraction of sp³-hybridized carbons (Fsp3) is 0.357. The molecule has 98 valence electrons. The summed E-state index contributed by atoms with van der Waals surface area (Å²) in [5.41, 5.74) is 0.756. The highest BCUT2D eigenvalue weighted by atomic mass is 16.4. The summed E-state index contributed by atoms with van der Waals surface area (Å²) in [6.45, 7) is 0. The van der Waals surface area contributed by atoms with E-state index in [2.05, 4.69) is 0 Å². The number of carboxylic acid groups (broad SMARTS) is 1. The van der Waals surface area contributed by atoms with Crippen molar-refractivity contribution >= 4 is 23.3 Å². The zero-order valence-corrected chi connectivity index (χ0v) is 10.5. The summed E-state index contributed by atoms with van der Waals surface area (Å²) in [4.78, 5) is 36.5. The van der Waals surface area contributed by atoms with E-state index in [4.69, 9.17) is 5.11 Å². The molecule has 0 bridgehead atoms. The van der Waals surface area contributed by atoms with E-state index in [1.807, 2.05) is 0 Å². The van der Waals surface area contributed by atoms with Gasteiger partial charge in [-0.1, -0.05) is 0 Å². The molecule has 0 unspecified atom stereocenters. The summed E-state index contributed by atoms with van der Waals surface area (Å²) in [5, 5.41) is 9.13. The number of nitrogens with zero attached hydrogens (tertiary/aromatic N) is 1. The van der Waals surface area contributed by atoms with Crippen LogP contribution in [-0.2, 0) is 16.0 Å². The summed E-state index contributed by atoms with van der Waals surface area (Å²) in [7, 11) is 1.69. The second kappa shape index (κ2) is 3.66. The minimum atomic E-state index is -1.22. The summed E-state index contributed by atoms with van der Waals surface area (Å²) in [5.74, 6) is -1.41. The summed E-state index contributed by atoms with van der Waals surface area (Å²) in [6, 6.07) is 4.98. The molecule has 0 aromatic heterocycles. The average molecular weight is 259 g/mol. The number of fused-ring (bicyclic) bond motifs is 1. The molecule has 3 rings (SSSR count). The van der Waals surface area contributed by atoms with Crippen molar-refractivity contribution in [2.75, 3.05) is 11.9 Å². The van der Waals surface area contributed by atoms with Crippen LogP contribution in [0.1, 0.15) is 28.8 Å². The number of benzene rings is 1. The van der Waals surface area contributed by atoms with E-state index in [1.54, 1.807) is 30.1 Å². The summed E-state index contributed by atoms with van der Waals surface area (Å²) >= 11 is 0. The second-order valence-electron chi connectivity index (χ2n) is 5.19. The van der Waals surface area contributed by atoms with Crippen molar-refractivity contribution in [2.24, 2.45) is 5.41 Å². The molecule has 5 nitrogen and oxygen atoms in total. The first-order valence-corrected chi connectivity index (χ1v) is 6.13. The SMILES string of the molecule is CN1C(=O)Cc2cc(C(=O)C3(C(=O)O)CC3)ccc21. The maximum absolute atomic E-state index is 12.3. The molecule has 1 amide bonds. The Hall–Kier alpha value is -2.17. The number of carbonyl (C=O) groups is 3. The zero-order valence-electron chi connectivity index (χ0n) is 10.5. The lowest BCUT2D eigenvalue weighted by atomic mass is 9.93. The molecule has 5 heteroatoms. The van der Waals surface area contributed by atoms with Crippen LogP contribution in [0.25, 0.3) is 0 Å².